The maximum Gasteiger partial charge on any atom is 0.407 e. The number of aromatic nitrogens is 2. The van der Waals surface area contributed by atoms with Gasteiger partial charge in [-0.1, -0.05) is 19.8 Å². The van der Waals surface area contributed by atoms with Gasteiger partial charge >= 0.3 is 6.09 Å². The minimum absolute atomic E-state index is 0.0602. The van der Waals surface area contributed by atoms with Gasteiger partial charge in [-0.2, -0.15) is 4.98 Å². The second-order valence-corrected chi connectivity index (χ2v) is 10.3. The van der Waals surface area contributed by atoms with Gasteiger partial charge < -0.3 is 35.2 Å². The van der Waals surface area contributed by atoms with E-state index in [0.29, 0.717) is 48.0 Å². The monoisotopic (exact) mass is 537 g/mol. The van der Waals surface area contributed by atoms with Crippen molar-refractivity contribution in [2.45, 2.75) is 63.6 Å². The molecule has 1 aromatic heterocycles. The molecule has 2 atom stereocenters. The number of methoxy groups -OCH3 is 1. The van der Waals surface area contributed by atoms with Gasteiger partial charge in [0.25, 0.3) is 5.91 Å². The van der Waals surface area contributed by atoms with Crippen LogP contribution in [0.25, 0.3) is 0 Å². The van der Waals surface area contributed by atoms with Crippen molar-refractivity contribution in [1.29, 1.82) is 0 Å². The molecule has 39 heavy (non-hydrogen) atoms. The summed E-state index contributed by atoms with van der Waals surface area (Å²) >= 11 is 0. The molecule has 2 aromatic rings. The molecule has 1 saturated carbocycles. The second-order valence-electron chi connectivity index (χ2n) is 10.3. The molecule has 3 N–H and O–H groups in total. The lowest BCUT2D eigenvalue weighted by atomic mass is 10.0. The Kier molecular flexibility index (Phi) is 7.45. The highest BCUT2D eigenvalue weighted by atomic mass is 16.5. The third kappa shape index (κ3) is 5.15. The lowest BCUT2D eigenvalue weighted by Crippen LogP contribution is -2.55. The van der Waals surface area contributed by atoms with Gasteiger partial charge in [0.1, 0.15) is 17.5 Å². The van der Waals surface area contributed by atoms with E-state index in [1.54, 1.807) is 36.3 Å². The molecule has 5 rings (SSSR count). The van der Waals surface area contributed by atoms with Crippen LogP contribution < -0.4 is 25.2 Å². The highest BCUT2D eigenvalue weighted by molar-refractivity contribution is 6.04. The maximum absolute atomic E-state index is 13.1. The summed E-state index contributed by atoms with van der Waals surface area (Å²) in [6.07, 6.45) is 6.31. The van der Waals surface area contributed by atoms with E-state index in [-0.39, 0.29) is 36.5 Å². The topological polar surface area (TPSA) is 140 Å². The Balaban J connectivity index is 1.37. The maximum atomic E-state index is 13.1. The van der Waals surface area contributed by atoms with Crippen molar-refractivity contribution in [2.24, 2.45) is 0 Å². The predicted molar refractivity (Wildman–Crippen MR) is 146 cm³/mol. The molecular formula is C27H35N7O5. The molecule has 0 radical (unpaired) electrons. The van der Waals surface area contributed by atoms with Crippen LogP contribution in [0.15, 0.2) is 24.4 Å². The summed E-state index contributed by atoms with van der Waals surface area (Å²) in [6.45, 7) is 2.70. The van der Waals surface area contributed by atoms with E-state index in [1.165, 1.54) is 12.0 Å². The normalized spacial score (nSPS) is 21.2. The second kappa shape index (κ2) is 11.0. The molecule has 12 nitrogen and oxygen atoms in total. The quantitative estimate of drug-likeness (QED) is 0.486. The first-order valence-electron chi connectivity index (χ1n) is 13.5. The SMILES string of the molecule is CC[C@@H]1C(=O)N(C)c2cnc(Nc3ccc(C(=O)NC4CCN(C(=O)O)C4)cc3OC)nc2N1C1CCCC1. The van der Waals surface area contributed by atoms with Crippen molar-refractivity contribution in [1.82, 2.24) is 20.2 Å². The van der Waals surface area contributed by atoms with Gasteiger partial charge in [0.2, 0.25) is 11.9 Å². The number of rotatable bonds is 7. The summed E-state index contributed by atoms with van der Waals surface area (Å²) in [5, 5.41) is 15.3. The first-order chi connectivity index (χ1) is 18.8. The van der Waals surface area contributed by atoms with Gasteiger partial charge in [-0.05, 0) is 43.9 Å². The third-order valence-corrected chi connectivity index (χ3v) is 7.92. The van der Waals surface area contributed by atoms with Crippen LogP contribution in [0.5, 0.6) is 5.75 Å². The molecule has 3 heterocycles. The van der Waals surface area contributed by atoms with Crippen molar-refractivity contribution in [2.75, 3.05) is 42.4 Å². The molecule has 1 saturated heterocycles. The van der Waals surface area contributed by atoms with Crippen molar-refractivity contribution >= 4 is 41.0 Å². The Morgan fingerprint density at radius 3 is 2.64 bits per heavy atom. The number of carbonyl (C=O) groups is 3. The van der Waals surface area contributed by atoms with Crippen LogP contribution in [-0.4, -0.2) is 83.3 Å². The van der Waals surface area contributed by atoms with Crippen molar-refractivity contribution in [3.05, 3.63) is 30.0 Å². The fraction of sp³-hybridized carbons (Fsp3) is 0.519. The summed E-state index contributed by atoms with van der Waals surface area (Å²) in [5.74, 6) is 1.31. The summed E-state index contributed by atoms with van der Waals surface area (Å²) < 4.78 is 5.56. The molecule has 2 fully saturated rings. The first kappa shape index (κ1) is 26.5. The lowest BCUT2D eigenvalue weighted by Gasteiger charge is -2.43. The van der Waals surface area contributed by atoms with Crippen molar-refractivity contribution in [3.8, 4) is 5.75 Å². The van der Waals surface area contributed by atoms with E-state index in [1.807, 2.05) is 6.92 Å². The highest BCUT2D eigenvalue weighted by Crippen LogP contribution is 2.40. The molecule has 208 valence electrons. The summed E-state index contributed by atoms with van der Waals surface area (Å²) in [7, 11) is 3.29. The summed E-state index contributed by atoms with van der Waals surface area (Å²) in [5.41, 5.74) is 1.68. The van der Waals surface area contributed by atoms with Crippen LogP contribution in [0.2, 0.25) is 0 Å². The zero-order valence-corrected chi connectivity index (χ0v) is 22.5. The summed E-state index contributed by atoms with van der Waals surface area (Å²) in [6, 6.07) is 4.80. The minimum atomic E-state index is -0.983. The number of nitrogens with one attached hydrogen (secondary N) is 2. The number of benzene rings is 1. The number of anilines is 4. The number of carboxylic acid groups (broad SMARTS) is 1. The molecule has 0 spiro atoms. The average Bonchev–Trinajstić information content (AvgIpc) is 3.63. The smallest absolute Gasteiger partial charge is 0.407 e. The third-order valence-electron chi connectivity index (χ3n) is 7.92. The van der Waals surface area contributed by atoms with Crippen LogP contribution >= 0.6 is 0 Å². The zero-order valence-electron chi connectivity index (χ0n) is 22.5. The largest absolute Gasteiger partial charge is 0.495 e. The van der Waals surface area contributed by atoms with Crippen LogP contribution in [0.1, 0.15) is 55.8 Å². The van der Waals surface area contributed by atoms with E-state index in [9.17, 15) is 14.4 Å². The van der Waals surface area contributed by atoms with Gasteiger partial charge in [-0.3, -0.25) is 9.59 Å². The van der Waals surface area contributed by atoms with Crippen LogP contribution in [-0.2, 0) is 4.79 Å². The minimum Gasteiger partial charge on any atom is -0.495 e. The van der Waals surface area contributed by atoms with Gasteiger partial charge in [0.05, 0.1) is 19.0 Å². The predicted octanol–water partition coefficient (Wildman–Crippen LogP) is 3.21. The molecule has 0 bridgehead atoms. The lowest BCUT2D eigenvalue weighted by molar-refractivity contribution is -0.120. The first-order valence-corrected chi connectivity index (χ1v) is 13.5. The number of likely N-dealkylation sites (tertiary alicyclic amines) is 1. The molecule has 1 aromatic carbocycles. The molecule has 1 aliphatic carbocycles. The Bertz CT molecular complexity index is 1270. The zero-order chi connectivity index (χ0) is 27.7. The fourth-order valence-corrected chi connectivity index (χ4v) is 5.82. The molecular weight excluding hydrogens is 502 g/mol. The van der Waals surface area contributed by atoms with Crippen molar-refractivity contribution in [3.63, 3.8) is 0 Å². The fourth-order valence-electron chi connectivity index (χ4n) is 5.82. The number of amides is 3. The Morgan fingerprint density at radius 2 is 1.97 bits per heavy atom. The Labute approximate surface area is 227 Å². The number of ether oxygens (including phenoxy) is 1. The molecule has 2 aliphatic heterocycles. The number of nitrogens with zero attached hydrogens (tertiary/aromatic N) is 5. The van der Waals surface area contributed by atoms with Crippen LogP contribution in [0.3, 0.4) is 0 Å². The number of hydrogen-bond donors (Lipinski definition) is 3. The number of likely N-dealkylation sites (N-methyl/N-ethyl adjacent to an activating group) is 1. The van der Waals surface area contributed by atoms with E-state index < -0.39 is 6.09 Å². The van der Waals surface area contributed by atoms with Gasteiger partial charge in [-0.15, -0.1) is 0 Å². The molecule has 3 aliphatic rings. The van der Waals surface area contributed by atoms with E-state index in [2.05, 4.69) is 20.5 Å². The van der Waals surface area contributed by atoms with Crippen LogP contribution in [0.4, 0.5) is 27.9 Å². The van der Waals surface area contributed by atoms with E-state index in [4.69, 9.17) is 14.8 Å². The van der Waals surface area contributed by atoms with E-state index in [0.717, 1.165) is 31.5 Å². The number of fused-ring (bicyclic) bond motifs is 1. The Morgan fingerprint density at radius 1 is 1.21 bits per heavy atom. The Hall–Kier alpha value is -4.09. The summed E-state index contributed by atoms with van der Waals surface area (Å²) in [4.78, 5) is 51.6. The van der Waals surface area contributed by atoms with Crippen LogP contribution in [0, 0.1) is 0 Å². The standard InChI is InChI=1S/C27H35N7O5/c1-4-20-25(36)32(2)21-14-28-26(31-23(21)34(20)18-7-5-6-8-18)30-19-10-9-16(13-22(19)39-3)24(35)29-17-11-12-33(15-17)27(37)38/h9-10,13-14,17-18,20H,4-8,11-12,15H2,1-3H3,(H,29,35)(H,37,38)(H,28,30,31)/t17?,20-/m1/s1. The van der Waals surface area contributed by atoms with E-state index >= 15 is 0 Å². The van der Waals surface area contributed by atoms with Gasteiger partial charge in [0.15, 0.2) is 5.82 Å². The van der Waals surface area contributed by atoms with Crippen molar-refractivity contribution < 1.29 is 24.2 Å². The van der Waals surface area contributed by atoms with Gasteiger partial charge in [-0.25, -0.2) is 9.78 Å². The molecule has 1 unspecified atom stereocenters. The van der Waals surface area contributed by atoms with Gasteiger partial charge in [0, 0.05) is 37.8 Å². The molecule has 12 heteroatoms. The average molecular weight is 538 g/mol. The molecule has 3 amide bonds. The number of carbonyl (C=O) groups excluding carboxylic acids is 2. The highest BCUT2D eigenvalue weighted by Gasteiger charge is 2.41. The number of hydrogen-bond acceptors (Lipinski definition) is 8.